The smallest absolute Gasteiger partial charge is 0.101 e. The van der Waals surface area contributed by atoms with E-state index < -0.39 is 4.33 Å². The summed E-state index contributed by atoms with van der Waals surface area (Å²) in [5, 5.41) is 0. The average molecular weight is 241 g/mol. The molecule has 0 nitrogen and oxygen atoms in total. The predicted molar refractivity (Wildman–Crippen MR) is 64.7 cm³/mol. The molecule has 1 aromatic rings. The number of rotatable bonds is 3. The largest absolute Gasteiger partial charge is 0.121 e. The molecule has 0 saturated heterocycles. The molecule has 0 aromatic heterocycles. The van der Waals surface area contributed by atoms with Gasteiger partial charge in [0.2, 0.25) is 0 Å². The van der Waals surface area contributed by atoms with Crippen molar-refractivity contribution < 1.29 is 0 Å². The molecule has 1 unspecified atom stereocenters. The number of hydrogen-bond donors (Lipinski definition) is 0. The molecule has 2 saturated carbocycles. The van der Waals surface area contributed by atoms with E-state index in [9.17, 15) is 0 Å². The highest BCUT2D eigenvalue weighted by Gasteiger charge is 2.51. The molecule has 0 amide bonds. The molecule has 2 fully saturated rings. The van der Waals surface area contributed by atoms with Crippen LogP contribution in [0.15, 0.2) is 24.3 Å². The molecule has 80 valence electrons. The summed E-state index contributed by atoms with van der Waals surface area (Å²) >= 11 is 12.1. The van der Waals surface area contributed by atoms with Gasteiger partial charge in [0, 0.05) is 0 Å². The number of benzene rings is 1. The second-order valence-electron chi connectivity index (χ2n) is 4.89. The Morgan fingerprint density at radius 1 is 1.27 bits per heavy atom. The molecule has 2 heteroatoms. The van der Waals surface area contributed by atoms with Gasteiger partial charge in [-0.15, -0.1) is 23.2 Å². The lowest BCUT2D eigenvalue weighted by molar-refractivity contribution is 0.817. The van der Waals surface area contributed by atoms with E-state index in [0.717, 1.165) is 18.8 Å². The Morgan fingerprint density at radius 3 is 2.60 bits per heavy atom. The number of hydrogen-bond acceptors (Lipinski definition) is 0. The van der Waals surface area contributed by atoms with Crippen molar-refractivity contribution in [3.8, 4) is 0 Å². The lowest BCUT2D eigenvalue weighted by Gasteiger charge is -2.04. The molecule has 2 aliphatic rings. The van der Waals surface area contributed by atoms with Gasteiger partial charge in [-0.3, -0.25) is 0 Å². The van der Waals surface area contributed by atoms with Crippen LogP contribution in [0, 0.1) is 5.92 Å². The van der Waals surface area contributed by atoms with Crippen molar-refractivity contribution in [1.82, 2.24) is 0 Å². The second kappa shape index (κ2) is 3.40. The number of alkyl halides is 2. The Bertz CT molecular complexity index is 380. The molecule has 3 rings (SSSR count). The zero-order valence-corrected chi connectivity index (χ0v) is 10.1. The van der Waals surface area contributed by atoms with Crippen molar-refractivity contribution in [2.75, 3.05) is 0 Å². The lowest BCUT2D eigenvalue weighted by atomic mass is 10.0. The Labute approximate surface area is 101 Å². The van der Waals surface area contributed by atoms with Crippen molar-refractivity contribution in [1.29, 1.82) is 0 Å². The molecule has 1 aromatic carbocycles. The Balaban J connectivity index is 1.72. The maximum Gasteiger partial charge on any atom is 0.121 e. The van der Waals surface area contributed by atoms with Gasteiger partial charge >= 0.3 is 0 Å². The van der Waals surface area contributed by atoms with Gasteiger partial charge in [0.25, 0.3) is 0 Å². The van der Waals surface area contributed by atoms with Crippen molar-refractivity contribution in [3.63, 3.8) is 0 Å². The van der Waals surface area contributed by atoms with E-state index in [4.69, 9.17) is 23.2 Å². The van der Waals surface area contributed by atoms with Gasteiger partial charge in [0.1, 0.15) is 4.33 Å². The fourth-order valence-corrected chi connectivity index (χ4v) is 2.69. The van der Waals surface area contributed by atoms with E-state index in [2.05, 4.69) is 24.3 Å². The van der Waals surface area contributed by atoms with Crippen molar-refractivity contribution >= 4 is 23.2 Å². The van der Waals surface area contributed by atoms with Gasteiger partial charge in [0.15, 0.2) is 0 Å². The molecule has 1 atom stereocenters. The normalized spacial score (nSPS) is 27.7. The molecule has 2 aliphatic carbocycles. The van der Waals surface area contributed by atoms with Crippen LogP contribution in [0.25, 0.3) is 0 Å². The first-order chi connectivity index (χ1) is 7.15. The van der Waals surface area contributed by atoms with Gasteiger partial charge in [0.05, 0.1) is 0 Å². The van der Waals surface area contributed by atoms with Gasteiger partial charge in [-0.1, -0.05) is 24.3 Å². The van der Waals surface area contributed by atoms with E-state index in [1.54, 1.807) is 0 Å². The highest BCUT2D eigenvalue weighted by atomic mass is 35.5. The highest BCUT2D eigenvalue weighted by Crippen LogP contribution is 2.54. The molecule has 0 bridgehead atoms. The zero-order chi connectivity index (χ0) is 10.5. The summed E-state index contributed by atoms with van der Waals surface area (Å²) in [4.78, 5) is 0. The van der Waals surface area contributed by atoms with Crippen LogP contribution >= 0.6 is 23.2 Å². The maximum absolute atomic E-state index is 6.04. The SMILES string of the molecule is ClC1(Cl)CC1Cc1cccc(C2CC2)c1. The Kier molecular flexibility index (Phi) is 2.26. The first-order valence-corrected chi connectivity index (χ1v) is 6.37. The van der Waals surface area contributed by atoms with Gasteiger partial charge < -0.3 is 0 Å². The minimum atomic E-state index is -0.435. The van der Waals surface area contributed by atoms with Gasteiger partial charge in [-0.05, 0) is 48.6 Å². The molecular weight excluding hydrogens is 227 g/mol. The van der Waals surface area contributed by atoms with Crippen LogP contribution in [0.1, 0.15) is 36.3 Å². The monoisotopic (exact) mass is 240 g/mol. The predicted octanol–water partition coefficient (Wildman–Crippen LogP) is 4.30. The Hall–Kier alpha value is -0.200. The number of halogens is 2. The third-order valence-corrected chi connectivity index (χ3v) is 4.36. The van der Waals surface area contributed by atoms with Crippen LogP contribution in [-0.2, 0) is 6.42 Å². The van der Waals surface area contributed by atoms with E-state index in [1.165, 1.54) is 24.0 Å². The third-order valence-electron chi connectivity index (χ3n) is 3.44. The molecule has 0 N–H and O–H groups in total. The average Bonchev–Trinajstić information content (AvgIpc) is 3.06. The minimum absolute atomic E-state index is 0.435. The lowest BCUT2D eigenvalue weighted by Crippen LogP contribution is -1.95. The zero-order valence-electron chi connectivity index (χ0n) is 8.55. The van der Waals surface area contributed by atoms with E-state index >= 15 is 0 Å². The fourth-order valence-electron chi connectivity index (χ4n) is 2.17. The van der Waals surface area contributed by atoms with Crippen LogP contribution < -0.4 is 0 Å². The maximum atomic E-state index is 6.04. The summed E-state index contributed by atoms with van der Waals surface area (Å²) in [6.45, 7) is 0. The summed E-state index contributed by atoms with van der Waals surface area (Å²) in [7, 11) is 0. The first-order valence-electron chi connectivity index (χ1n) is 5.62. The van der Waals surface area contributed by atoms with E-state index in [1.807, 2.05) is 0 Å². The Morgan fingerprint density at radius 2 is 2.00 bits per heavy atom. The van der Waals surface area contributed by atoms with Crippen LogP contribution in [0.4, 0.5) is 0 Å². The minimum Gasteiger partial charge on any atom is -0.101 e. The van der Waals surface area contributed by atoms with Crippen molar-refractivity contribution in [2.24, 2.45) is 5.92 Å². The standard InChI is InChI=1S/C13H14Cl2/c14-13(15)8-12(13)7-9-2-1-3-11(6-9)10-4-5-10/h1-3,6,10,12H,4-5,7-8H2. The fraction of sp³-hybridized carbons (Fsp3) is 0.538. The summed E-state index contributed by atoms with van der Waals surface area (Å²) < 4.78 is -0.435. The molecule has 0 aliphatic heterocycles. The van der Waals surface area contributed by atoms with Crippen LogP contribution in [0.2, 0.25) is 0 Å². The topological polar surface area (TPSA) is 0 Å². The van der Waals surface area contributed by atoms with Crippen LogP contribution in [0.5, 0.6) is 0 Å². The summed E-state index contributed by atoms with van der Waals surface area (Å²) in [5.41, 5.74) is 2.90. The molecule has 15 heavy (non-hydrogen) atoms. The highest BCUT2D eigenvalue weighted by molar-refractivity contribution is 6.50. The van der Waals surface area contributed by atoms with Crippen molar-refractivity contribution in [2.45, 2.75) is 35.9 Å². The molecular formula is C13H14Cl2. The van der Waals surface area contributed by atoms with Crippen LogP contribution in [-0.4, -0.2) is 4.33 Å². The van der Waals surface area contributed by atoms with E-state index in [-0.39, 0.29) is 0 Å². The van der Waals surface area contributed by atoms with E-state index in [0.29, 0.717) is 5.92 Å². The quantitative estimate of drug-likeness (QED) is 0.692. The van der Waals surface area contributed by atoms with Crippen molar-refractivity contribution in [3.05, 3.63) is 35.4 Å². The van der Waals surface area contributed by atoms with Gasteiger partial charge in [-0.2, -0.15) is 0 Å². The third kappa shape index (κ3) is 2.16. The summed E-state index contributed by atoms with van der Waals surface area (Å²) in [6, 6.07) is 8.92. The summed E-state index contributed by atoms with van der Waals surface area (Å²) in [5.74, 6) is 1.30. The first kappa shape index (κ1) is 9.99. The molecule has 0 spiro atoms. The molecule has 0 radical (unpaired) electrons. The van der Waals surface area contributed by atoms with Gasteiger partial charge in [-0.25, -0.2) is 0 Å². The summed E-state index contributed by atoms with van der Waals surface area (Å²) in [6.07, 6.45) is 4.71. The molecule has 0 heterocycles. The second-order valence-corrected chi connectivity index (χ2v) is 6.43. The van der Waals surface area contributed by atoms with Crippen LogP contribution in [0.3, 0.4) is 0 Å².